The van der Waals surface area contributed by atoms with Crippen LogP contribution < -0.4 is 0 Å². The van der Waals surface area contributed by atoms with Crippen molar-refractivity contribution in [3.05, 3.63) is 12.2 Å². The lowest BCUT2D eigenvalue weighted by Crippen LogP contribution is -2.16. The maximum atomic E-state index is 10.6. The van der Waals surface area contributed by atoms with Crippen LogP contribution in [-0.4, -0.2) is 18.2 Å². The molecule has 0 N–H and O–H groups in total. The van der Waals surface area contributed by atoms with Gasteiger partial charge in [0.25, 0.3) is 6.29 Å². The van der Waals surface area contributed by atoms with E-state index in [1.54, 1.807) is 6.92 Å². The molecule has 60 valence electrons. The summed E-state index contributed by atoms with van der Waals surface area (Å²) in [5.74, 6) is -0.853. The van der Waals surface area contributed by atoms with E-state index in [2.05, 4.69) is 9.47 Å². The van der Waals surface area contributed by atoms with Gasteiger partial charge in [-0.1, -0.05) is 6.92 Å². The molecule has 0 bridgehead atoms. The Balaban J connectivity index is 2.35. The van der Waals surface area contributed by atoms with E-state index < -0.39 is 12.3 Å². The normalized spacial score (nSPS) is 21.5. The van der Waals surface area contributed by atoms with Crippen LogP contribution in [0, 0.1) is 0 Å². The lowest BCUT2D eigenvalue weighted by molar-refractivity contribution is -0.172. The molecule has 0 fully saturated rings. The first kappa shape index (κ1) is 7.78. The predicted octanol–water partition coefficient (Wildman–Crippen LogP) is 0.379. The van der Waals surface area contributed by atoms with E-state index in [1.165, 1.54) is 12.2 Å². The molecule has 0 aliphatic carbocycles. The summed E-state index contributed by atoms with van der Waals surface area (Å²) in [6.45, 7) is 1.67. The summed E-state index contributed by atoms with van der Waals surface area (Å²) in [5.41, 5.74) is 0. The Hall–Kier alpha value is -1.32. The van der Waals surface area contributed by atoms with E-state index in [4.69, 9.17) is 0 Å². The van der Waals surface area contributed by atoms with Gasteiger partial charge in [-0.05, 0) is 0 Å². The van der Waals surface area contributed by atoms with E-state index >= 15 is 0 Å². The van der Waals surface area contributed by atoms with Gasteiger partial charge in [-0.25, -0.2) is 4.79 Å². The summed E-state index contributed by atoms with van der Waals surface area (Å²) in [4.78, 5) is 21.0. The Morgan fingerprint density at radius 1 is 1.82 bits per heavy atom. The Bertz CT molecular complexity index is 206. The second-order valence-electron chi connectivity index (χ2n) is 2.01. The third kappa shape index (κ3) is 2.07. The average Bonchev–Trinajstić information content (AvgIpc) is 2.35. The molecule has 0 saturated carbocycles. The third-order valence-corrected chi connectivity index (χ3v) is 1.16. The van der Waals surface area contributed by atoms with Crippen molar-refractivity contribution in [2.24, 2.45) is 0 Å². The molecule has 1 rings (SSSR count). The lowest BCUT2D eigenvalue weighted by atomic mass is 10.5. The maximum Gasteiger partial charge on any atom is 0.334 e. The van der Waals surface area contributed by atoms with Crippen molar-refractivity contribution in [1.82, 2.24) is 0 Å². The van der Waals surface area contributed by atoms with Crippen molar-refractivity contribution in [2.45, 2.75) is 19.6 Å². The number of hydrogen-bond acceptors (Lipinski definition) is 4. The molecule has 0 aromatic heterocycles. The predicted molar refractivity (Wildman–Crippen MR) is 35.4 cm³/mol. The standard InChI is InChI=1S/C7H8O4/c1-2-5(8)10-7-4-3-6(9)11-7/h3-4,7H,2H2,1H3. The second-order valence-corrected chi connectivity index (χ2v) is 2.01. The van der Waals surface area contributed by atoms with Crippen LogP contribution in [0.5, 0.6) is 0 Å². The molecule has 1 aliphatic heterocycles. The first-order valence-electron chi connectivity index (χ1n) is 3.30. The van der Waals surface area contributed by atoms with Crippen LogP contribution in [0.4, 0.5) is 0 Å². The zero-order valence-corrected chi connectivity index (χ0v) is 6.07. The van der Waals surface area contributed by atoms with E-state index in [1.807, 2.05) is 0 Å². The van der Waals surface area contributed by atoms with Gasteiger partial charge in [0.2, 0.25) is 0 Å². The molecular weight excluding hydrogens is 148 g/mol. The van der Waals surface area contributed by atoms with E-state index in [0.29, 0.717) is 0 Å². The number of esters is 2. The fraction of sp³-hybridized carbons (Fsp3) is 0.429. The number of cyclic esters (lactones) is 1. The zero-order valence-electron chi connectivity index (χ0n) is 6.07. The SMILES string of the molecule is CCC(=O)OC1C=CC(=O)O1. The van der Waals surface area contributed by atoms with Gasteiger partial charge in [-0.15, -0.1) is 0 Å². The molecule has 1 aliphatic rings. The number of rotatable bonds is 2. The second kappa shape index (κ2) is 3.18. The van der Waals surface area contributed by atoms with Gasteiger partial charge in [0.15, 0.2) is 0 Å². The van der Waals surface area contributed by atoms with E-state index in [-0.39, 0.29) is 12.4 Å². The van der Waals surface area contributed by atoms with Gasteiger partial charge in [-0.3, -0.25) is 4.79 Å². The van der Waals surface area contributed by atoms with Gasteiger partial charge in [-0.2, -0.15) is 0 Å². The summed E-state index contributed by atoms with van der Waals surface area (Å²) in [6, 6.07) is 0. The summed E-state index contributed by atoms with van der Waals surface area (Å²) < 4.78 is 9.20. The first-order valence-corrected chi connectivity index (χ1v) is 3.30. The Kier molecular flexibility index (Phi) is 2.25. The van der Waals surface area contributed by atoms with E-state index in [0.717, 1.165) is 0 Å². The van der Waals surface area contributed by atoms with Crippen molar-refractivity contribution >= 4 is 11.9 Å². The van der Waals surface area contributed by atoms with Crippen molar-refractivity contribution in [2.75, 3.05) is 0 Å². The average molecular weight is 156 g/mol. The molecule has 4 nitrogen and oxygen atoms in total. The quantitative estimate of drug-likeness (QED) is 0.542. The highest BCUT2D eigenvalue weighted by atomic mass is 16.7. The van der Waals surface area contributed by atoms with Crippen LogP contribution in [0.2, 0.25) is 0 Å². The summed E-state index contributed by atoms with van der Waals surface area (Å²) in [5, 5.41) is 0. The van der Waals surface area contributed by atoms with Crippen molar-refractivity contribution in [3.63, 3.8) is 0 Å². The molecular formula is C7H8O4. The molecule has 1 heterocycles. The van der Waals surface area contributed by atoms with Crippen LogP contribution in [0.15, 0.2) is 12.2 Å². The first-order chi connectivity index (χ1) is 5.22. The van der Waals surface area contributed by atoms with Crippen molar-refractivity contribution < 1.29 is 19.1 Å². The molecule has 1 atom stereocenters. The maximum absolute atomic E-state index is 10.6. The minimum absolute atomic E-state index is 0.280. The summed E-state index contributed by atoms with van der Waals surface area (Å²) in [7, 11) is 0. The molecule has 4 heteroatoms. The van der Waals surface area contributed by atoms with Crippen LogP contribution in [0.25, 0.3) is 0 Å². The van der Waals surface area contributed by atoms with Crippen LogP contribution >= 0.6 is 0 Å². The molecule has 0 aromatic rings. The largest absolute Gasteiger partial charge is 0.421 e. The Morgan fingerprint density at radius 2 is 2.55 bits per heavy atom. The number of hydrogen-bond donors (Lipinski definition) is 0. The summed E-state index contributed by atoms with van der Waals surface area (Å²) in [6.07, 6.45) is 2.10. The summed E-state index contributed by atoms with van der Waals surface area (Å²) >= 11 is 0. The van der Waals surface area contributed by atoms with Gasteiger partial charge < -0.3 is 9.47 Å². The number of ether oxygens (including phenoxy) is 2. The molecule has 1 unspecified atom stereocenters. The highest BCUT2D eigenvalue weighted by Crippen LogP contribution is 2.06. The highest BCUT2D eigenvalue weighted by molar-refractivity contribution is 5.84. The van der Waals surface area contributed by atoms with Gasteiger partial charge in [0.1, 0.15) is 0 Å². The zero-order chi connectivity index (χ0) is 8.27. The van der Waals surface area contributed by atoms with Gasteiger partial charge in [0, 0.05) is 18.6 Å². The monoisotopic (exact) mass is 156 g/mol. The van der Waals surface area contributed by atoms with Crippen LogP contribution in [0.1, 0.15) is 13.3 Å². The minimum atomic E-state index is -0.810. The lowest BCUT2D eigenvalue weighted by Gasteiger charge is -2.07. The topological polar surface area (TPSA) is 52.6 Å². The van der Waals surface area contributed by atoms with Crippen LogP contribution in [0.3, 0.4) is 0 Å². The fourth-order valence-electron chi connectivity index (χ4n) is 0.626. The fourth-order valence-corrected chi connectivity index (χ4v) is 0.626. The van der Waals surface area contributed by atoms with Gasteiger partial charge >= 0.3 is 11.9 Å². The smallest absolute Gasteiger partial charge is 0.334 e. The minimum Gasteiger partial charge on any atom is -0.421 e. The van der Waals surface area contributed by atoms with Crippen molar-refractivity contribution in [3.8, 4) is 0 Å². The molecule has 0 saturated heterocycles. The Morgan fingerprint density at radius 3 is 3.00 bits per heavy atom. The van der Waals surface area contributed by atoms with Gasteiger partial charge in [0.05, 0.1) is 0 Å². The third-order valence-electron chi connectivity index (χ3n) is 1.16. The molecule has 11 heavy (non-hydrogen) atoms. The number of carbonyl (C=O) groups is 2. The molecule has 0 aromatic carbocycles. The van der Waals surface area contributed by atoms with Crippen molar-refractivity contribution in [1.29, 1.82) is 0 Å². The van der Waals surface area contributed by atoms with Crippen LogP contribution in [-0.2, 0) is 19.1 Å². The molecule has 0 spiro atoms. The van der Waals surface area contributed by atoms with E-state index in [9.17, 15) is 9.59 Å². The highest BCUT2D eigenvalue weighted by Gasteiger charge is 2.19. The molecule has 0 radical (unpaired) electrons. The molecule has 0 amide bonds. The number of carbonyl (C=O) groups excluding carboxylic acids is 2. The Labute approximate surface area is 63.8 Å².